The van der Waals surface area contributed by atoms with E-state index in [1.807, 2.05) is 25.1 Å². The van der Waals surface area contributed by atoms with Crippen molar-refractivity contribution in [1.29, 1.82) is 0 Å². The number of ether oxygens (including phenoxy) is 1. The van der Waals surface area contributed by atoms with E-state index in [1.165, 1.54) is 12.1 Å². The summed E-state index contributed by atoms with van der Waals surface area (Å²) in [5.74, 6) is 0.178. The monoisotopic (exact) mass is 402 g/mol. The first-order chi connectivity index (χ1) is 12.0. The first kappa shape index (κ1) is 17.4. The topological polar surface area (TPSA) is 44.1 Å². The Hall–Kier alpha value is -2.47. The highest BCUT2D eigenvalue weighted by molar-refractivity contribution is 9.10. The van der Waals surface area contributed by atoms with Crippen LogP contribution in [0, 0.1) is 12.7 Å². The van der Waals surface area contributed by atoms with Crippen LogP contribution in [0.15, 0.2) is 64.1 Å². The van der Waals surface area contributed by atoms with Gasteiger partial charge in [0.1, 0.15) is 22.6 Å². The number of hydrogen-bond donors (Lipinski definition) is 0. The van der Waals surface area contributed by atoms with Gasteiger partial charge in [-0.2, -0.15) is 0 Å². The van der Waals surface area contributed by atoms with Crippen molar-refractivity contribution in [2.24, 2.45) is 0 Å². The fourth-order valence-corrected chi connectivity index (χ4v) is 2.87. The van der Waals surface area contributed by atoms with Crippen molar-refractivity contribution >= 4 is 15.9 Å². The molecule has 3 aromatic rings. The van der Waals surface area contributed by atoms with Crippen LogP contribution in [0.25, 0.3) is 0 Å². The van der Waals surface area contributed by atoms with E-state index in [2.05, 4.69) is 20.9 Å². The number of benzene rings is 1. The molecule has 0 saturated heterocycles. The summed E-state index contributed by atoms with van der Waals surface area (Å²) >= 11 is 3.33. The maximum Gasteiger partial charge on any atom is 0.269 e. The smallest absolute Gasteiger partial charge is 0.269 e. The summed E-state index contributed by atoms with van der Waals surface area (Å²) in [6.07, 6.45) is 3.40. The van der Waals surface area contributed by atoms with Crippen molar-refractivity contribution in [3.63, 3.8) is 0 Å². The van der Waals surface area contributed by atoms with Crippen molar-refractivity contribution in [2.45, 2.75) is 20.1 Å². The van der Waals surface area contributed by atoms with Crippen LogP contribution < -0.4 is 10.3 Å². The van der Waals surface area contributed by atoms with E-state index in [1.54, 1.807) is 29.1 Å². The van der Waals surface area contributed by atoms with E-state index in [9.17, 15) is 9.18 Å². The van der Waals surface area contributed by atoms with Gasteiger partial charge in [0.15, 0.2) is 0 Å². The summed E-state index contributed by atoms with van der Waals surface area (Å²) in [7, 11) is 0. The van der Waals surface area contributed by atoms with Crippen molar-refractivity contribution in [2.75, 3.05) is 0 Å². The number of rotatable bonds is 5. The van der Waals surface area contributed by atoms with Crippen molar-refractivity contribution < 1.29 is 9.13 Å². The third kappa shape index (κ3) is 4.14. The highest BCUT2D eigenvalue weighted by Gasteiger charge is 2.12. The molecule has 0 aliphatic rings. The molecule has 25 heavy (non-hydrogen) atoms. The molecule has 4 nitrogen and oxygen atoms in total. The van der Waals surface area contributed by atoms with Gasteiger partial charge in [-0.3, -0.25) is 9.78 Å². The fourth-order valence-electron chi connectivity index (χ4n) is 2.43. The number of nitrogens with zero attached hydrogens (tertiary/aromatic N) is 2. The summed E-state index contributed by atoms with van der Waals surface area (Å²) in [5.41, 5.74) is 2.45. The average molecular weight is 403 g/mol. The first-order valence-corrected chi connectivity index (χ1v) is 8.50. The lowest BCUT2D eigenvalue weighted by molar-refractivity contribution is 0.302. The molecule has 2 heterocycles. The molecule has 0 aliphatic carbocycles. The summed E-state index contributed by atoms with van der Waals surface area (Å²) in [5, 5.41) is 0. The van der Waals surface area contributed by atoms with E-state index >= 15 is 0 Å². The molecule has 0 atom stereocenters. The lowest BCUT2D eigenvalue weighted by atomic mass is 10.2. The summed E-state index contributed by atoms with van der Waals surface area (Å²) < 4.78 is 20.7. The van der Waals surface area contributed by atoms with Crippen LogP contribution in [0.4, 0.5) is 4.39 Å². The van der Waals surface area contributed by atoms with Gasteiger partial charge in [0.25, 0.3) is 5.56 Å². The molecule has 0 saturated carbocycles. The van der Waals surface area contributed by atoms with Gasteiger partial charge in [0.05, 0.1) is 6.54 Å². The van der Waals surface area contributed by atoms with Gasteiger partial charge < -0.3 is 9.30 Å². The molecule has 2 aromatic heterocycles. The predicted molar refractivity (Wildman–Crippen MR) is 97.2 cm³/mol. The Kier molecular flexibility index (Phi) is 5.28. The van der Waals surface area contributed by atoms with Crippen LogP contribution in [-0.4, -0.2) is 9.55 Å². The van der Waals surface area contributed by atoms with Crippen molar-refractivity contribution in [1.82, 2.24) is 9.55 Å². The molecule has 3 rings (SSSR count). The van der Waals surface area contributed by atoms with E-state index in [0.717, 1.165) is 16.8 Å². The van der Waals surface area contributed by atoms with Crippen LogP contribution in [0.1, 0.15) is 16.8 Å². The fraction of sp³-hybridized carbons (Fsp3) is 0.158. The normalized spacial score (nSPS) is 10.7. The highest BCUT2D eigenvalue weighted by atomic mass is 79.9. The molecule has 1 aromatic carbocycles. The molecule has 6 heteroatoms. The molecule has 0 spiro atoms. The van der Waals surface area contributed by atoms with Gasteiger partial charge >= 0.3 is 0 Å². The Balaban J connectivity index is 1.82. The molecular formula is C19H16BrFN2O2. The number of aryl methyl sites for hydroxylation is 1. The Labute approximate surface area is 153 Å². The zero-order valence-electron chi connectivity index (χ0n) is 13.6. The molecule has 0 unspecified atom stereocenters. The lowest BCUT2D eigenvalue weighted by Crippen LogP contribution is -2.24. The highest BCUT2D eigenvalue weighted by Crippen LogP contribution is 2.24. The Bertz CT molecular complexity index is 925. The number of pyridine rings is 2. The summed E-state index contributed by atoms with van der Waals surface area (Å²) in [6.45, 7) is 2.58. The third-order valence-electron chi connectivity index (χ3n) is 3.81. The largest absolute Gasteiger partial charge is 0.487 e. The van der Waals surface area contributed by atoms with E-state index < -0.39 is 0 Å². The number of hydrogen-bond acceptors (Lipinski definition) is 3. The molecule has 0 radical (unpaired) electrons. The van der Waals surface area contributed by atoms with Gasteiger partial charge in [-0.1, -0.05) is 12.1 Å². The number of halogens is 2. The molecule has 128 valence electrons. The van der Waals surface area contributed by atoms with Crippen LogP contribution in [0.3, 0.4) is 0 Å². The van der Waals surface area contributed by atoms with Crippen LogP contribution in [0.2, 0.25) is 0 Å². The molecule has 0 amide bonds. The molecule has 0 fully saturated rings. The van der Waals surface area contributed by atoms with E-state index in [-0.39, 0.29) is 18.0 Å². The van der Waals surface area contributed by atoms with Crippen LogP contribution in [-0.2, 0) is 13.2 Å². The SMILES string of the molecule is Cc1cc(OCc2ccc(F)cc2)c(Br)c(=O)n1Cc1ccncc1. The minimum atomic E-state index is -0.292. The maximum absolute atomic E-state index is 12.9. The maximum atomic E-state index is 12.9. The van der Waals surface area contributed by atoms with Crippen molar-refractivity contribution in [3.8, 4) is 5.75 Å². The Morgan fingerprint density at radius 3 is 2.48 bits per heavy atom. The Morgan fingerprint density at radius 1 is 1.12 bits per heavy atom. The molecule has 0 bridgehead atoms. The summed E-state index contributed by atoms with van der Waals surface area (Å²) in [4.78, 5) is 16.6. The van der Waals surface area contributed by atoms with E-state index in [0.29, 0.717) is 16.8 Å². The first-order valence-electron chi connectivity index (χ1n) is 7.70. The van der Waals surface area contributed by atoms with Gasteiger partial charge in [-0.15, -0.1) is 0 Å². The zero-order valence-corrected chi connectivity index (χ0v) is 15.2. The second kappa shape index (κ2) is 7.61. The van der Waals surface area contributed by atoms with Gasteiger partial charge in [-0.05, 0) is 58.2 Å². The van der Waals surface area contributed by atoms with Gasteiger partial charge in [0.2, 0.25) is 0 Å². The standard InChI is InChI=1S/C19H16BrFN2O2/c1-13-10-17(25-12-15-2-4-16(21)5-3-15)18(20)19(24)23(13)11-14-6-8-22-9-7-14/h2-10H,11-12H2,1H3. The minimum Gasteiger partial charge on any atom is -0.487 e. The van der Waals surface area contributed by atoms with E-state index in [4.69, 9.17) is 4.74 Å². The van der Waals surface area contributed by atoms with Crippen LogP contribution >= 0.6 is 15.9 Å². The summed E-state index contributed by atoms with van der Waals surface area (Å²) in [6, 6.07) is 11.6. The van der Waals surface area contributed by atoms with Gasteiger partial charge in [-0.25, -0.2) is 4.39 Å². The van der Waals surface area contributed by atoms with Crippen LogP contribution in [0.5, 0.6) is 5.75 Å². The average Bonchev–Trinajstić information content (AvgIpc) is 2.63. The second-order valence-electron chi connectivity index (χ2n) is 5.63. The predicted octanol–water partition coefficient (Wildman–Crippen LogP) is 4.08. The molecule has 0 N–H and O–H groups in total. The molecule has 0 aliphatic heterocycles. The molecular weight excluding hydrogens is 387 g/mol. The Morgan fingerprint density at radius 2 is 1.80 bits per heavy atom. The van der Waals surface area contributed by atoms with Gasteiger partial charge in [0, 0.05) is 24.2 Å². The third-order valence-corrected chi connectivity index (χ3v) is 4.54. The number of aromatic nitrogens is 2. The minimum absolute atomic E-state index is 0.161. The lowest BCUT2D eigenvalue weighted by Gasteiger charge is -2.14. The second-order valence-corrected chi connectivity index (χ2v) is 6.42. The quantitative estimate of drug-likeness (QED) is 0.645. The van der Waals surface area contributed by atoms with Crippen molar-refractivity contribution in [3.05, 3.63) is 92.3 Å². The zero-order chi connectivity index (χ0) is 17.8.